The Morgan fingerprint density at radius 3 is 2.47 bits per heavy atom. The molecule has 2 aromatic carbocycles. The Labute approximate surface area is 195 Å². The van der Waals surface area contributed by atoms with E-state index in [1.165, 1.54) is 31.6 Å². The van der Waals surface area contributed by atoms with Gasteiger partial charge in [0.25, 0.3) is 0 Å². The van der Waals surface area contributed by atoms with Crippen LogP contribution in [0, 0.1) is 0 Å². The minimum absolute atomic E-state index is 0.222. The van der Waals surface area contributed by atoms with Gasteiger partial charge in [0, 0.05) is 18.1 Å². The molecule has 2 aromatic rings. The maximum absolute atomic E-state index is 13.0. The molecule has 0 spiro atoms. The second-order valence-electron chi connectivity index (χ2n) is 8.02. The Kier molecular flexibility index (Phi) is 8.03. The summed E-state index contributed by atoms with van der Waals surface area (Å²) in [6.45, 7) is 4.88. The fraction of sp³-hybridized carbons (Fsp3) is 0.435. The van der Waals surface area contributed by atoms with E-state index >= 15 is 0 Å². The van der Waals surface area contributed by atoms with Gasteiger partial charge >= 0.3 is 0 Å². The lowest BCUT2D eigenvalue weighted by Gasteiger charge is -2.29. The Morgan fingerprint density at radius 1 is 1.19 bits per heavy atom. The summed E-state index contributed by atoms with van der Waals surface area (Å²) in [5.74, 6) is -0.0936. The number of amides is 1. The van der Waals surface area contributed by atoms with Crippen molar-refractivity contribution >= 4 is 33.2 Å². The lowest BCUT2D eigenvalue weighted by atomic mass is 10.1. The Morgan fingerprint density at radius 2 is 1.84 bits per heavy atom. The van der Waals surface area contributed by atoms with Gasteiger partial charge < -0.3 is 10.1 Å². The zero-order valence-electron chi connectivity index (χ0n) is 18.7. The predicted molar refractivity (Wildman–Crippen MR) is 128 cm³/mol. The first-order valence-corrected chi connectivity index (χ1v) is 12.8. The summed E-state index contributed by atoms with van der Waals surface area (Å²) >= 11 is 6.10. The van der Waals surface area contributed by atoms with Crippen LogP contribution in [0.1, 0.15) is 30.9 Å². The van der Waals surface area contributed by atoms with Gasteiger partial charge in [0.05, 0.1) is 19.1 Å². The minimum atomic E-state index is -3.79. The number of sulfonamides is 1. The smallest absolute Gasteiger partial charge is 0.243 e. The third kappa shape index (κ3) is 5.94. The van der Waals surface area contributed by atoms with E-state index in [1.807, 2.05) is 18.2 Å². The molecule has 1 saturated heterocycles. The van der Waals surface area contributed by atoms with Gasteiger partial charge in [-0.3, -0.25) is 14.0 Å². The third-order valence-corrected chi connectivity index (χ3v) is 7.09. The van der Waals surface area contributed by atoms with Crippen LogP contribution in [0.2, 0.25) is 5.02 Å². The van der Waals surface area contributed by atoms with Gasteiger partial charge in [-0.15, -0.1) is 0 Å². The number of carbonyl (C=O) groups excluding carboxylic acids is 1. The van der Waals surface area contributed by atoms with Crippen LogP contribution in [0.25, 0.3) is 0 Å². The molecule has 0 aliphatic carbocycles. The van der Waals surface area contributed by atoms with E-state index in [4.69, 9.17) is 16.3 Å². The summed E-state index contributed by atoms with van der Waals surface area (Å²) in [5.41, 5.74) is 2.41. The average molecular weight is 480 g/mol. The molecule has 0 bridgehead atoms. The highest BCUT2D eigenvalue weighted by Crippen LogP contribution is 2.34. The fourth-order valence-electron chi connectivity index (χ4n) is 4.01. The highest BCUT2D eigenvalue weighted by molar-refractivity contribution is 7.92. The third-order valence-electron chi connectivity index (χ3n) is 5.63. The number of rotatable bonds is 9. The van der Waals surface area contributed by atoms with E-state index < -0.39 is 22.0 Å². The van der Waals surface area contributed by atoms with Crippen molar-refractivity contribution in [2.45, 2.75) is 38.9 Å². The fourth-order valence-corrected chi connectivity index (χ4v) is 5.35. The van der Waals surface area contributed by atoms with Crippen LogP contribution in [0.4, 0.5) is 5.69 Å². The first-order chi connectivity index (χ1) is 15.2. The van der Waals surface area contributed by atoms with E-state index in [1.54, 1.807) is 19.1 Å². The molecule has 1 amide bonds. The summed E-state index contributed by atoms with van der Waals surface area (Å²) in [7, 11) is -2.35. The molecule has 7 nitrogen and oxygen atoms in total. The Bertz CT molecular complexity index is 1050. The normalized spacial score (nSPS) is 15.4. The number of nitrogens with zero attached hydrogens (tertiary/aromatic N) is 2. The van der Waals surface area contributed by atoms with Crippen LogP contribution < -0.4 is 14.4 Å². The van der Waals surface area contributed by atoms with E-state index in [2.05, 4.69) is 16.3 Å². The molecule has 1 fully saturated rings. The molecule has 1 heterocycles. The number of benzene rings is 2. The number of hydrogen-bond acceptors (Lipinski definition) is 5. The van der Waals surface area contributed by atoms with Gasteiger partial charge in [0.2, 0.25) is 15.9 Å². The molecular formula is C23H30ClN3O4S. The number of likely N-dealkylation sites (tertiary alicyclic amines) is 1. The number of nitrogens with one attached hydrogen (secondary N) is 1. The predicted octanol–water partition coefficient (Wildman–Crippen LogP) is 3.42. The van der Waals surface area contributed by atoms with Crippen molar-refractivity contribution in [3.63, 3.8) is 0 Å². The number of hydrogen-bond donors (Lipinski definition) is 1. The molecule has 174 valence electrons. The van der Waals surface area contributed by atoms with Gasteiger partial charge in [-0.25, -0.2) is 8.42 Å². The highest BCUT2D eigenvalue weighted by atomic mass is 35.5. The zero-order chi connectivity index (χ0) is 23.3. The summed E-state index contributed by atoms with van der Waals surface area (Å²) < 4.78 is 31.6. The van der Waals surface area contributed by atoms with Gasteiger partial charge in [0.1, 0.15) is 11.8 Å². The standard InChI is InChI=1S/C23H30ClN3O4S/c1-17(27(32(3,29)30)21-14-20(24)10-11-22(21)31-2)23(28)25-15-18-8-4-5-9-19(18)16-26-12-6-7-13-26/h4-5,8-11,14,17H,6-7,12-13,15-16H2,1-3H3,(H,25,28)/t17-/m1/s1. The van der Waals surface area contributed by atoms with Crippen molar-refractivity contribution in [3.05, 3.63) is 58.6 Å². The van der Waals surface area contributed by atoms with E-state index in [0.29, 0.717) is 17.3 Å². The first-order valence-electron chi connectivity index (χ1n) is 10.6. The number of methoxy groups -OCH3 is 1. The lowest BCUT2D eigenvalue weighted by molar-refractivity contribution is -0.122. The molecule has 0 radical (unpaired) electrons. The van der Waals surface area contributed by atoms with Crippen molar-refractivity contribution < 1.29 is 17.9 Å². The monoisotopic (exact) mass is 479 g/mol. The quantitative estimate of drug-likeness (QED) is 0.596. The topological polar surface area (TPSA) is 79.0 Å². The number of ether oxygens (including phenoxy) is 1. The second-order valence-corrected chi connectivity index (χ2v) is 10.3. The second kappa shape index (κ2) is 10.6. The lowest BCUT2D eigenvalue weighted by Crippen LogP contribution is -2.47. The Balaban J connectivity index is 1.78. The maximum atomic E-state index is 13.0. The summed E-state index contributed by atoms with van der Waals surface area (Å²) in [5, 5.41) is 3.25. The van der Waals surface area contributed by atoms with Gasteiger partial charge in [-0.05, 0) is 62.2 Å². The molecule has 1 aliphatic rings. The molecule has 9 heteroatoms. The van der Waals surface area contributed by atoms with Crippen molar-refractivity contribution in [1.29, 1.82) is 0 Å². The zero-order valence-corrected chi connectivity index (χ0v) is 20.2. The van der Waals surface area contributed by atoms with Gasteiger partial charge in [0.15, 0.2) is 0 Å². The van der Waals surface area contributed by atoms with E-state index in [0.717, 1.165) is 35.8 Å². The summed E-state index contributed by atoms with van der Waals surface area (Å²) in [4.78, 5) is 15.4. The van der Waals surface area contributed by atoms with Gasteiger partial charge in [-0.2, -0.15) is 0 Å². The van der Waals surface area contributed by atoms with Crippen LogP contribution in [-0.2, 0) is 27.9 Å². The Hall–Kier alpha value is -2.29. The number of halogens is 1. The van der Waals surface area contributed by atoms with Crippen LogP contribution >= 0.6 is 11.6 Å². The van der Waals surface area contributed by atoms with Crippen LogP contribution in [0.5, 0.6) is 5.75 Å². The maximum Gasteiger partial charge on any atom is 0.243 e. The molecule has 0 saturated carbocycles. The highest BCUT2D eigenvalue weighted by Gasteiger charge is 2.31. The first kappa shape index (κ1) is 24.4. The van der Waals surface area contributed by atoms with Crippen LogP contribution in [0.15, 0.2) is 42.5 Å². The number of anilines is 1. The summed E-state index contributed by atoms with van der Waals surface area (Å²) in [6, 6.07) is 11.7. The summed E-state index contributed by atoms with van der Waals surface area (Å²) in [6.07, 6.45) is 3.48. The molecular weight excluding hydrogens is 450 g/mol. The molecule has 1 aliphatic heterocycles. The molecule has 32 heavy (non-hydrogen) atoms. The largest absolute Gasteiger partial charge is 0.495 e. The van der Waals surface area contributed by atoms with Crippen molar-refractivity contribution in [2.24, 2.45) is 0 Å². The van der Waals surface area contributed by atoms with Crippen molar-refractivity contribution in [3.8, 4) is 5.75 Å². The molecule has 0 aromatic heterocycles. The van der Waals surface area contributed by atoms with Crippen molar-refractivity contribution in [1.82, 2.24) is 10.2 Å². The molecule has 1 atom stereocenters. The van der Waals surface area contributed by atoms with E-state index in [-0.39, 0.29) is 5.69 Å². The molecule has 1 N–H and O–H groups in total. The van der Waals surface area contributed by atoms with Crippen LogP contribution in [-0.4, -0.2) is 51.7 Å². The van der Waals surface area contributed by atoms with Crippen LogP contribution in [0.3, 0.4) is 0 Å². The average Bonchev–Trinajstić information content (AvgIpc) is 3.25. The van der Waals surface area contributed by atoms with Crippen molar-refractivity contribution in [2.75, 3.05) is 30.8 Å². The molecule has 3 rings (SSSR count). The van der Waals surface area contributed by atoms with Gasteiger partial charge in [-0.1, -0.05) is 35.9 Å². The van der Waals surface area contributed by atoms with E-state index in [9.17, 15) is 13.2 Å². The number of carbonyl (C=O) groups is 1. The minimum Gasteiger partial charge on any atom is -0.495 e. The SMILES string of the molecule is COc1ccc(Cl)cc1N([C@H](C)C(=O)NCc1ccccc1CN1CCCC1)S(C)(=O)=O. The molecule has 0 unspecified atom stereocenters.